The van der Waals surface area contributed by atoms with Crippen LogP contribution in [0, 0.1) is 0 Å². The highest BCUT2D eigenvalue weighted by Crippen LogP contribution is 2.23. The van der Waals surface area contributed by atoms with Gasteiger partial charge in [0.2, 0.25) is 0 Å². The van der Waals surface area contributed by atoms with Crippen molar-refractivity contribution in [1.82, 2.24) is 14.9 Å². The van der Waals surface area contributed by atoms with E-state index in [1.54, 1.807) is 6.07 Å². The molecule has 22 heavy (non-hydrogen) atoms. The van der Waals surface area contributed by atoms with Crippen LogP contribution in [-0.4, -0.2) is 60.1 Å². The molecule has 0 atom stereocenters. The van der Waals surface area contributed by atoms with Gasteiger partial charge in [-0.05, 0) is 32.0 Å². The fraction of sp³-hybridized carbons (Fsp3) is 0.625. The van der Waals surface area contributed by atoms with Gasteiger partial charge in [0.05, 0.1) is 0 Å². The Kier molecular flexibility index (Phi) is 4.59. The molecule has 0 bridgehead atoms. The lowest BCUT2D eigenvalue weighted by Crippen LogP contribution is -2.46. The summed E-state index contributed by atoms with van der Waals surface area (Å²) in [7, 11) is 2.12. The lowest BCUT2D eigenvalue weighted by molar-refractivity contribution is 0.0675. The summed E-state index contributed by atoms with van der Waals surface area (Å²) in [6, 6.07) is 5.80. The topological polar surface area (TPSA) is 65.7 Å². The molecule has 2 fully saturated rings. The zero-order valence-corrected chi connectivity index (χ0v) is 13.2. The lowest BCUT2D eigenvalue weighted by atomic mass is 10.2. The van der Waals surface area contributed by atoms with Crippen molar-refractivity contribution in [2.45, 2.75) is 31.7 Å². The first-order chi connectivity index (χ1) is 10.6. The number of nitrogens with zero attached hydrogens (tertiary/aromatic N) is 4. The van der Waals surface area contributed by atoms with Gasteiger partial charge in [0.15, 0.2) is 0 Å². The molecular weight excluding hydrogens is 278 g/mol. The van der Waals surface area contributed by atoms with Gasteiger partial charge in [-0.2, -0.15) is 0 Å². The largest absolute Gasteiger partial charge is 0.354 e. The summed E-state index contributed by atoms with van der Waals surface area (Å²) in [5, 5.41) is 1.39. The number of anilines is 1. The van der Waals surface area contributed by atoms with E-state index in [-0.39, 0.29) is 11.9 Å². The zero-order chi connectivity index (χ0) is 15.5. The van der Waals surface area contributed by atoms with Crippen LogP contribution in [-0.2, 0) is 0 Å². The number of nitrogens with two attached hydrogens (primary N) is 1. The van der Waals surface area contributed by atoms with Crippen LogP contribution in [0.2, 0.25) is 0 Å². The zero-order valence-electron chi connectivity index (χ0n) is 13.2. The molecule has 1 aromatic rings. The van der Waals surface area contributed by atoms with Gasteiger partial charge in [-0.3, -0.25) is 9.80 Å². The summed E-state index contributed by atoms with van der Waals surface area (Å²) in [6.07, 6.45) is 4.31. The number of aromatic nitrogens is 1. The maximum atomic E-state index is 12.5. The van der Waals surface area contributed by atoms with Crippen LogP contribution in [0.4, 0.5) is 5.82 Å². The number of rotatable bonds is 3. The van der Waals surface area contributed by atoms with Gasteiger partial charge in [0.1, 0.15) is 11.5 Å². The van der Waals surface area contributed by atoms with Crippen molar-refractivity contribution in [2.24, 2.45) is 5.84 Å². The first-order valence-corrected chi connectivity index (χ1v) is 8.14. The van der Waals surface area contributed by atoms with Crippen LogP contribution in [0.5, 0.6) is 0 Å². The van der Waals surface area contributed by atoms with Gasteiger partial charge in [0, 0.05) is 32.2 Å². The number of piperazine rings is 1. The summed E-state index contributed by atoms with van der Waals surface area (Å²) in [5.41, 5.74) is 0.450. The average molecular weight is 303 g/mol. The molecule has 1 aromatic heterocycles. The number of hydrogen-bond acceptors (Lipinski definition) is 5. The molecule has 3 rings (SSSR count). The Bertz CT molecular complexity index is 521. The van der Waals surface area contributed by atoms with E-state index >= 15 is 0 Å². The van der Waals surface area contributed by atoms with Crippen LogP contribution >= 0.6 is 0 Å². The minimum Gasteiger partial charge on any atom is -0.354 e. The summed E-state index contributed by atoms with van der Waals surface area (Å²) in [6.45, 7) is 3.92. The maximum absolute atomic E-state index is 12.5. The molecular formula is C16H25N5O. The predicted octanol–water partition coefficient (Wildman–Crippen LogP) is 1.09. The summed E-state index contributed by atoms with van der Waals surface area (Å²) >= 11 is 0. The molecule has 0 spiro atoms. The molecule has 6 heteroatoms. The molecule has 1 aliphatic heterocycles. The SMILES string of the molecule is CN1CCN(c2cccc(C(=O)N(N)C3CCCC3)n2)CC1. The summed E-state index contributed by atoms with van der Waals surface area (Å²) in [4.78, 5) is 21.6. The maximum Gasteiger partial charge on any atom is 0.286 e. The van der Waals surface area contributed by atoms with Crippen molar-refractivity contribution >= 4 is 11.7 Å². The third-order valence-electron chi connectivity index (χ3n) is 4.73. The predicted molar refractivity (Wildman–Crippen MR) is 86.6 cm³/mol. The lowest BCUT2D eigenvalue weighted by Gasteiger charge is -2.33. The first kappa shape index (κ1) is 15.2. The third-order valence-corrected chi connectivity index (χ3v) is 4.73. The fourth-order valence-corrected chi connectivity index (χ4v) is 3.23. The second kappa shape index (κ2) is 6.62. The number of pyridine rings is 1. The molecule has 1 saturated carbocycles. The Hall–Kier alpha value is -1.66. The molecule has 0 radical (unpaired) electrons. The van der Waals surface area contributed by atoms with Gasteiger partial charge in [-0.25, -0.2) is 10.8 Å². The Morgan fingerprint density at radius 3 is 2.59 bits per heavy atom. The minimum atomic E-state index is -0.164. The number of amides is 1. The smallest absolute Gasteiger partial charge is 0.286 e. The molecule has 120 valence electrons. The van der Waals surface area contributed by atoms with E-state index in [2.05, 4.69) is 21.8 Å². The van der Waals surface area contributed by atoms with E-state index < -0.39 is 0 Å². The summed E-state index contributed by atoms with van der Waals surface area (Å²) < 4.78 is 0. The normalized spacial score (nSPS) is 20.4. The van der Waals surface area contributed by atoms with Crippen molar-refractivity contribution in [1.29, 1.82) is 0 Å². The van der Waals surface area contributed by atoms with Crippen LogP contribution in [0.15, 0.2) is 18.2 Å². The van der Waals surface area contributed by atoms with Crippen molar-refractivity contribution in [3.8, 4) is 0 Å². The number of carbonyl (C=O) groups excluding carboxylic acids is 1. The first-order valence-electron chi connectivity index (χ1n) is 8.14. The van der Waals surface area contributed by atoms with Crippen molar-refractivity contribution < 1.29 is 4.79 Å². The number of hydrazine groups is 1. The van der Waals surface area contributed by atoms with Crippen LogP contribution in [0.1, 0.15) is 36.2 Å². The Balaban J connectivity index is 1.71. The highest BCUT2D eigenvalue weighted by Gasteiger charge is 2.26. The van der Waals surface area contributed by atoms with Crippen LogP contribution < -0.4 is 10.7 Å². The van der Waals surface area contributed by atoms with Crippen LogP contribution in [0.3, 0.4) is 0 Å². The Morgan fingerprint density at radius 2 is 1.91 bits per heavy atom. The second-order valence-electron chi connectivity index (χ2n) is 6.32. The van der Waals surface area contributed by atoms with Gasteiger partial charge >= 0.3 is 0 Å². The summed E-state index contributed by atoms with van der Waals surface area (Å²) in [5.74, 6) is 6.73. The second-order valence-corrected chi connectivity index (χ2v) is 6.32. The van der Waals surface area contributed by atoms with Crippen molar-refractivity contribution in [2.75, 3.05) is 38.1 Å². The van der Waals surface area contributed by atoms with Crippen LogP contribution in [0.25, 0.3) is 0 Å². The number of likely N-dealkylation sites (N-methyl/N-ethyl adjacent to an activating group) is 1. The van der Waals surface area contributed by atoms with E-state index in [9.17, 15) is 4.79 Å². The van der Waals surface area contributed by atoms with E-state index in [1.165, 1.54) is 5.01 Å². The minimum absolute atomic E-state index is 0.164. The van der Waals surface area contributed by atoms with E-state index in [4.69, 9.17) is 5.84 Å². The molecule has 1 amide bonds. The van der Waals surface area contributed by atoms with E-state index in [0.717, 1.165) is 57.7 Å². The van der Waals surface area contributed by atoms with Gasteiger partial charge in [-0.1, -0.05) is 18.9 Å². The quantitative estimate of drug-likeness (QED) is 0.514. The third kappa shape index (κ3) is 3.23. The van der Waals surface area contributed by atoms with E-state index in [1.807, 2.05) is 12.1 Å². The molecule has 1 saturated heterocycles. The molecule has 0 aromatic carbocycles. The molecule has 1 aliphatic carbocycles. The standard InChI is InChI=1S/C16H25N5O/c1-19-9-11-20(12-10-19)15-8-4-7-14(18-15)16(22)21(17)13-5-2-3-6-13/h4,7-8,13H,2-3,5-6,9-12,17H2,1H3. The number of hydrogen-bond donors (Lipinski definition) is 1. The fourth-order valence-electron chi connectivity index (χ4n) is 3.23. The molecule has 2 heterocycles. The monoisotopic (exact) mass is 303 g/mol. The molecule has 2 aliphatic rings. The van der Waals surface area contributed by atoms with Crippen molar-refractivity contribution in [3.63, 3.8) is 0 Å². The average Bonchev–Trinajstić information content (AvgIpc) is 3.09. The van der Waals surface area contributed by atoms with E-state index in [0.29, 0.717) is 5.69 Å². The highest BCUT2D eigenvalue weighted by molar-refractivity contribution is 5.92. The number of carbonyl (C=O) groups is 1. The highest BCUT2D eigenvalue weighted by atomic mass is 16.2. The molecule has 6 nitrogen and oxygen atoms in total. The van der Waals surface area contributed by atoms with Gasteiger partial charge in [-0.15, -0.1) is 0 Å². The molecule has 2 N–H and O–H groups in total. The van der Waals surface area contributed by atoms with Crippen molar-refractivity contribution in [3.05, 3.63) is 23.9 Å². The molecule has 0 unspecified atom stereocenters. The Labute approximate surface area is 131 Å². The van der Waals surface area contributed by atoms with Gasteiger partial charge < -0.3 is 9.80 Å². The van der Waals surface area contributed by atoms with Gasteiger partial charge in [0.25, 0.3) is 5.91 Å². The Morgan fingerprint density at radius 1 is 1.23 bits per heavy atom.